The Kier molecular flexibility index (Phi) is 3.76. The highest BCUT2D eigenvalue weighted by atomic mass is 35.5. The fraction of sp³-hybridized carbons (Fsp3) is 0.333. The van der Waals surface area contributed by atoms with E-state index >= 15 is 0 Å². The van der Waals surface area contributed by atoms with E-state index in [0.717, 1.165) is 17.1 Å². The van der Waals surface area contributed by atoms with Crippen LogP contribution in [0.3, 0.4) is 0 Å². The first kappa shape index (κ1) is 13.8. The van der Waals surface area contributed by atoms with Gasteiger partial charge >= 0.3 is 0 Å². The molecule has 0 aliphatic heterocycles. The highest BCUT2D eigenvalue weighted by Crippen LogP contribution is 2.32. The quantitative estimate of drug-likeness (QED) is 0.821. The molecule has 0 saturated carbocycles. The third-order valence-electron chi connectivity index (χ3n) is 3.01. The van der Waals surface area contributed by atoms with Crippen LogP contribution in [0.25, 0.3) is 0 Å². The first-order valence-electron chi connectivity index (χ1n) is 6.23. The Hall–Kier alpha value is -1.61. The molecule has 0 aliphatic rings. The predicted molar refractivity (Wildman–Crippen MR) is 80.2 cm³/mol. The van der Waals surface area contributed by atoms with Crippen LogP contribution in [-0.2, 0) is 5.41 Å². The van der Waals surface area contributed by atoms with E-state index in [9.17, 15) is 0 Å². The second kappa shape index (κ2) is 5.17. The monoisotopic (exact) mass is 275 g/mol. The Balaban J connectivity index is 2.42. The normalized spacial score (nSPS) is 11.4. The zero-order valence-corrected chi connectivity index (χ0v) is 12.4. The number of halogens is 1. The van der Waals surface area contributed by atoms with Crippen molar-refractivity contribution in [1.82, 2.24) is 9.97 Å². The Morgan fingerprint density at radius 3 is 2.47 bits per heavy atom. The Labute approximate surface area is 119 Å². The number of anilines is 2. The van der Waals surface area contributed by atoms with Gasteiger partial charge in [0.15, 0.2) is 0 Å². The smallest absolute Gasteiger partial charge is 0.138 e. The zero-order chi connectivity index (χ0) is 14.0. The van der Waals surface area contributed by atoms with Crippen molar-refractivity contribution in [3.8, 4) is 0 Å². The SMILES string of the molecule is Cc1c(Cl)ncnc1Nc1ccccc1C(C)(C)C. The summed E-state index contributed by atoms with van der Waals surface area (Å²) in [5, 5.41) is 3.83. The number of rotatable bonds is 2. The molecule has 100 valence electrons. The number of para-hydroxylation sites is 1. The van der Waals surface area contributed by atoms with Gasteiger partial charge in [-0.05, 0) is 24.0 Å². The Morgan fingerprint density at radius 1 is 1.11 bits per heavy atom. The van der Waals surface area contributed by atoms with Gasteiger partial charge in [0.2, 0.25) is 0 Å². The van der Waals surface area contributed by atoms with E-state index < -0.39 is 0 Å². The molecular weight excluding hydrogens is 258 g/mol. The summed E-state index contributed by atoms with van der Waals surface area (Å²) in [6, 6.07) is 8.23. The lowest BCUT2D eigenvalue weighted by molar-refractivity contribution is 0.592. The Morgan fingerprint density at radius 2 is 1.79 bits per heavy atom. The molecule has 1 heterocycles. The molecular formula is C15H18ClN3. The van der Waals surface area contributed by atoms with Crippen molar-refractivity contribution in [2.75, 3.05) is 5.32 Å². The summed E-state index contributed by atoms with van der Waals surface area (Å²) in [5.74, 6) is 0.747. The molecule has 1 N–H and O–H groups in total. The van der Waals surface area contributed by atoms with Crippen molar-refractivity contribution in [3.05, 3.63) is 46.9 Å². The van der Waals surface area contributed by atoms with Crippen LogP contribution >= 0.6 is 11.6 Å². The van der Waals surface area contributed by atoms with Crippen LogP contribution in [0.15, 0.2) is 30.6 Å². The lowest BCUT2D eigenvalue weighted by Crippen LogP contribution is -2.14. The van der Waals surface area contributed by atoms with Gasteiger partial charge in [-0.3, -0.25) is 0 Å². The van der Waals surface area contributed by atoms with Gasteiger partial charge in [0.05, 0.1) is 0 Å². The molecule has 0 saturated heterocycles. The molecule has 4 heteroatoms. The summed E-state index contributed by atoms with van der Waals surface area (Å²) >= 11 is 6.02. The van der Waals surface area contributed by atoms with Crippen molar-refractivity contribution in [3.63, 3.8) is 0 Å². The molecule has 1 aromatic heterocycles. The van der Waals surface area contributed by atoms with Crippen LogP contribution in [0.1, 0.15) is 31.9 Å². The first-order valence-corrected chi connectivity index (χ1v) is 6.61. The maximum absolute atomic E-state index is 6.02. The largest absolute Gasteiger partial charge is 0.340 e. The molecule has 0 bridgehead atoms. The van der Waals surface area contributed by atoms with E-state index in [1.165, 1.54) is 11.9 Å². The van der Waals surface area contributed by atoms with E-state index in [4.69, 9.17) is 11.6 Å². The van der Waals surface area contributed by atoms with Crippen LogP contribution in [0, 0.1) is 6.92 Å². The molecule has 2 aromatic rings. The third-order valence-corrected chi connectivity index (χ3v) is 3.39. The van der Waals surface area contributed by atoms with Gasteiger partial charge in [-0.1, -0.05) is 50.6 Å². The summed E-state index contributed by atoms with van der Waals surface area (Å²) in [4.78, 5) is 8.22. The van der Waals surface area contributed by atoms with E-state index in [0.29, 0.717) is 5.15 Å². The minimum Gasteiger partial charge on any atom is -0.340 e. The van der Waals surface area contributed by atoms with Crippen LogP contribution in [-0.4, -0.2) is 9.97 Å². The molecule has 0 fully saturated rings. The lowest BCUT2D eigenvalue weighted by atomic mass is 9.86. The Bertz CT molecular complexity index is 588. The van der Waals surface area contributed by atoms with Crippen molar-refractivity contribution in [2.24, 2.45) is 0 Å². The number of aromatic nitrogens is 2. The van der Waals surface area contributed by atoms with Crippen molar-refractivity contribution < 1.29 is 0 Å². The number of benzene rings is 1. The highest BCUT2D eigenvalue weighted by Gasteiger charge is 2.18. The number of hydrogen-bond donors (Lipinski definition) is 1. The molecule has 0 spiro atoms. The van der Waals surface area contributed by atoms with Crippen molar-refractivity contribution >= 4 is 23.1 Å². The number of nitrogens with one attached hydrogen (secondary N) is 1. The minimum absolute atomic E-state index is 0.0638. The lowest BCUT2D eigenvalue weighted by Gasteiger charge is -2.23. The zero-order valence-electron chi connectivity index (χ0n) is 11.7. The minimum atomic E-state index is 0.0638. The van der Waals surface area contributed by atoms with Gasteiger partial charge in [-0.25, -0.2) is 9.97 Å². The molecule has 0 unspecified atom stereocenters. The molecule has 19 heavy (non-hydrogen) atoms. The summed E-state index contributed by atoms with van der Waals surface area (Å²) in [6.45, 7) is 8.47. The average molecular weight is 276 g/mol. The van der Waals surface area contributed by atoms with E-state index in [1.54, 1.807) is 0 Å². The van der Waals surface area contributed by atoms with Crippen molar-refractivity contribution in [1.29, 1.82) is 0 Å². The number of hydrogen-bond acceptors (Lipinski definition) is 3. The van der Waals surface area contributed by atoms with Gasteiger partial charge in [-0.15, -0.1) is 0 Å². The number of nitrogens with zero attached hydrogens (tertiary/aromatic N) is 2. The maximum atomic E-state index is 6.02. The van der Waals surface area contributed by atoms with Gasteiger partial charge < -0.3 is 5.32 Å². The summed E-state index contributed by atoms with van der Waals surface area (Å²) in [6.07, 6.45) is 1.47. The molecule has 0 atom stereocenters. The third kappa shape index (κ3) is 3.04. The van der Waals surface area contributed by atoms with Crippen molar-refractivity contribution in [2.45, 2.75) is 33.1 Å². The average Bonchev–Trinajstić information content (AvgIpc) is 2.34. The molecule has 1 aromatic carbocycles. The van der Waals surface area contributed by atoms with Gasteiger partial charge in [0, 0.05) is 11.3 Å². The van der Waals surface area contributed by atoms with E-state index in [1.807, 2.05) is 19.1 Å². The van der Waals surface area contributed by atoms with Gasteiger partial charge in [0.25, 0.3) is 0 Å². The van der Waals surface area contributed by atoms with Gasteiger partial charge in [-0.2, -0.15) is 0 Å². The van der Waals surface area contributed by atoms with Crippen LogP contribution in [0.4, 0.5) is 11.5 Å². The van der Waals surface area contributed by atoms with Crippen LogP contribution < -0.4 is 5.32 Å². The van der Waals surface area contributed by atoms with Gasteiger partial charge in [0.1, 0.15) is 17.3 Å². The first-order chi connectivity index (χ1) is 8.89. The topological polar surface area (TPSA) is 37.8 Å². The highest BCUT2D eigenvalue weighted by molar-refractivity contribution is 6.30. The van der Waals surface area contributed by atoms with E-state index in [2.05, 4.69) is 48.2 Å². The standard InChI is InChI=1S/C15H18ClN3/c1-10-13(16)17-9-18-14(10)19-12-8-6-5-7-11(12)15(2,3)4/h5-9H,1-4H3,(H,17,18,19). The van der Waals surface area contributed by atoms with Crippen LogP contribution in [0.2, 0.25) is 5.15 Å². The summed E-state index contributed by atoms with van der Waals surface area (Å²) in [7, 11) is 0. The predicted octanol–water partition coefficient (Wildman–Crippen LogP) is 4.48. The fourth-order valence-electron chi connectivity index (χ4n) is 1.93. The second-order valence-electron chi connectivity index (χ2n) is 5.56. The molecule has 0 amide bonds. The summed E-state index contributed by atoms with van der Waals surface area (Å²) in [5.41, 5.74) is 3.21. The maximum Gasteiger partial charge on any atom is 0.138 e. The molecule has 2 rings (SSSR count). The second-order valence-corrected chi connectivity index (χ2v) is 5.92. The van der Waals surface area contributed by atoms with E-state index in [-0.39, 0.29) is 5.41 Å². The molecule has 0 aliphatic carbocycles. The summed E-state index contributed by atoms with van der Waals surface area (Å²) < 4.78 is 0. The van der Waals surface area contributed by atoms with Crippen LogP contribution in [0.5, 0.6) is 0 Å². The fourth-order valence-corrected chi connectivity index (χ4v) is 2.06. The molecule has 0 radical (unpaired) electrons. The molecule has 3 nitrogen and oxygen atoms in total.